The Balaban J connectivity index is 2.00. The van der Waals surface area contributed by atoms with Gasteiger partial charge < -0.3 is 10.6 Å². The normalized spacial score (nSPS) is 10.1. The molecule has 0 saturated carbocycles. The molecule has 0 spiro atoms. The summed E-state index contributed by atoms with van der Waals surface area (Å²) in [4.78, 5) is 29.2. The molecule has 26 heavy (non-hydrogen) atoms. The fourth-order valence-corrected chi connectivity index (χ4v) is 2.48. The Labute approximate surface area is 149 Å². The first-order valence-corrected chi connectivity index (χ1v) is 7.82. The van der Waals surface area contributed by atoms with Crippen LogP contribution in [0.3, 0.4) is 0 Å². The first-order valence-electron chi connectivity index (χ1n) is 7.82. The van der Waals surface area contributed by atoms with Crippen molar-refractivity contribution >= 4 is 23.0 Å². The number of nitrogens with zero attached hydrogens (tertiary/aromatic N) is 3. The molecule has 2 aromatic heterocycles. The van der Waals surface area contributed by atoms with Crippen molar-refractivity contribution in [2.24, 2.45) is 0 Å². The summed E-state index contributed by atoms with van der Waals surface area (Å²) in [6.45, 7) is 3.85. The monoisotopic (exact) mass is 345 g/mol. The highest BCUT2D eigenvalue weighted by molar-refractivity contribution is 6.06. The van der Waals surface area contributed by atoms with Gasteiger partial charge in [0.2, 0.25) is 5.82 Å². The van der Waals surface area contributed by atoms with Crippen molar-refractivity contribution in [3.63, 3.8) is 0 Å². The minimum atomic E-state index is -0.517. The maximum Gasteiger partial charge on any atom is 0.292 e. The van der Waals surface area contributed by atoms with Gasteiger partial charge in [-0.05, 0) is 24.3 Å². The highest BCUT2D eigenvalue weighted by Crippen LogP contribution is 2.17. The third-order valence-electron chi connectivity index (χ3n) is 3.67. The van der Waals surface area contributed by atoms with Gasteiger partial charge in [0.25, 0.3) is 11.8 Å². The Morgan fingerprint density at radius 3 is 2.73 bits per heavy atom. The SMILES string of the molecule is C=CCNC(=O)c1nc(C(=O)Nc2ccccc2C#N)n2ccccc12. The Hall–Kier alpha value is -3.92. The molecule has 0 radical (unpaired) electrons. The minimum absolute atomic E-state index is 0.0529. The summed E-state index contributed by atoms with van der Waals surface area (Å²) in [6.07, 6.45) is 3.21. The Morgan fingerprint density at radius 1 is 1.19 bits per heavy atom. The molecule has 1 aromatic carbocycles. The van der Waals surface area contributed by atoms with E-state index in [0.717, 1.165) is 0 Å². The molecule has 2 N–H and O–H groups in total. The number of hydrogen-bond donors (Lipinski definition) is 2. The van der Waals surface area contributed by atoms with E-state index >= 15 is 0 Å². The van der Waals surface area contributed by atoms with E-state index in [-0.39, 0.29) is 11.5 Å². The van der Waals surface area contributed by atoms with Crippen molar-refractivity contribution in [3.8, 4) is 6.07 Å². The lowest BCUT2D eigenvalue weighted by Gasteiger charge is -2.05. The number of carbonyl (C=O) groups excluding carboxylic acids is 2. The quantitative estimate of drug-likeness (QED) is 0.694. The molecule has 0 aliphatic rings. The molecule has 128 valence electrons. The maximum absolute atomic E-state index is 12.7. The number of para-hydroxylation sites is 1. The van der Waals surface area contributed by atoms with Crippen LogP contribution in [0.5, 0.6) is 0 Å². The van der Waals surface area contributed by atoms with Crippen LogP contribution in [0.1, 0.15) is 26.7 Å². The van der Waals surface area contributed by atoms with Crippen molar-refractivity contribution < 1.29 is 9.59 Å². The summed E-state index contributed by atoms with van der Waals surface area (Å²) >= 11 is 0. The van der Waals surface area contributed by atoms with Gasteiger partial charge in [-0.1, -0.05) is 24.3 Å². The molecular formula is C19H15N5O2. The summed E-state index contributed by atoms with van der Waals surface area (Å²) in [7, 11) is 0. The molecule has 3 aromatic rings. The molecule has 0 aliphatic heterocycles. The lowest BCUT2D eigenvalue weighted by atomic mass is 10.2. The highest BCUT2D eigenvalue weighted by Gasteiger charge is 2.21. The van der Waals surface area contributed by atoms with Crippen LogP contribution in [-0.2, 0) is 0 Å². The Kier molecular flexibility index (Phi) is 4.76. The number of aromatic nitrogens is 2. The molecule has 0 aliphatic carbocycles. The van der Waals surface area contributed by atoms with E-state index < -0.39 is 11.8 Å². The zero-order valence-electron chi connectivity index (χ0n) is 13.8. The highest BCUT2D eigenvalue weighted by atomic mass is 16.2. The largest absolute Gasteiger partial charge is 0.347 e. The number of nitrogens with one attached hydrogen (secondary N) is 2. The second-order valence-electron chi connectivity index (χ2n) is 5.35. The van der Waals surface area contributed by atoms with Gasteiger partial charge in [-0.25, -0.2) is 4.98 Å². The topological polar surface area (TPSA) is 99.3 Å². The van der Waals surface area contributed by atoms with Crippen LogP contribution in [0.2, 0.25) is 0 Å². The van der Waals surface area contributed by atoms with E-state index in [9.17, 15) is 9.59 Å². The number of amides is 2. The molecule has 2 amide bonds. The zero-order chi connectivity index (χ0) is 18.5. The fourth-order valence-electron chi connectivity index (χ4n) is 2.48. The van der Waals surface area contributed by atoms with Crippen molar-refractivity contribution in [1.82, 2.24) is 14.7 Å². The number of imidazole rings is 1. The van der Waals surface area contributed by atoms with E-state index in [0.29, 0.717) is 23.3 Å². The average Bonchev–Trinajstić information content (AvgIpc) is 3.06. The van der Waals surface area contributed by atoms with E-state index in [2.05, 4.69) is 22.2 Å². The first kappa shape index (κ1) is 16.9. The number of nitriles is 1. The Bertz CT molecular complexity index is 1050. The Morgan fingerprint density at radius 2 is 1.96 bits per heavy atom. The van der Waals surface area contributed by atoms with Crippen LogP contribution in [-0.4, -0.2) is 27.7 Å². The average molecular weight is 345 g/mol. The van der Waals surface area contributed by atoms with Gasteiger partial charge in [0.1, 0.15) is 6.07 Å². The van der Waals surface area contributed by atoms with E-state index in [4.69, 9.17) is 5.26 Å². The second-order valence-corrected chi connectivity index (χ2v) is 5.35. The molecule has 0 atom stereocenters. The number of fused-ring (bicyclic) bond motifs is 1. The number of hydrogen-bond acceptors (Lipinski definition) is 4. The van der Waals surface area contributed by atoms with Gasteiger partial charge in [0, 0.05) is 12.7 Å². The maximum atomic E-state index is 12.7. The van der Waals surface area contributed by atoms with Gasteiger partial charge >= 0.3 is 0 Å². The summed E-state index contributed by atoms with van der Waals surface area (Å²) in [5.74, 6) is -0.862. The predicted octanol–water partition coefficient (Wildman–Crippen LogP) is 2.37. The lowest BCUT2D eigenvalue weighted by Crippen LogP contribution is -2.24. The fraction of sp³-hybridized carbons (Fsp3) is 0.0526. The standard InChI is InChI=1S/C19H15N5O2/c1-2-10-21-18(25)16-15-9-5-6-11-24(15)17(23-16)19(26)22-14-8-4-3-7-13(14)12-20/h2-9,11H,1,10H2,(H,21,25)(H,22,26). The van der Waals surface area contributed by atoms with Crippen molar-refractivity contribution in [1.29, 1.82) is 5.26 Å². The molecule has 7 heteroatoms. The van der Waals surface area contributed by atoms with Gasteiger partial charge in [0.15, 0.2) is 5.69 Å². The molecule has 0 saturated heterocycles. The van der Waals surface area contributed by atoms with Crippen LogP contribution in [0.25, 0.3) is 5.52 Å². The van der Waals surface area contributed by atoms with Crippen LogP contribution >= 0.6 is 0 Å². The lowest BCUT2D eigenvalue weighted by molar-refractivity contribution is 0.0955. The summed E-state index contributed by atoms with van der Waals surface area (Å²) in [6, 6.07) is 13.9. The molecule has 3 rings (SSSR count). The van der Waals surface area contributed by atoms with Crippen LogP contribution in [0.15, 0.2) is 61.3 Å². The zero-order valence-corrected chi connectivity index (χ0v) is 13.8. The van der Waals surface area contributed by atoms with E-state index in [1.165, 1.54) is 4.40 Å². The summed E-state index contributed by atoms with van der Waals surface area (Å²) in [5.41, 5.74) is 1.37. The van der Waals surface area contributed by atoms with E-state index in [1.54, 1.807) is 54.7 Å². The number of benzene rings is 1. The number of anilines is 1. The third kappa shape index (κ3) is 3.16. The number of pyridine rings is 1. The summed E-state index contributed by atoms with van der Waals surface area (Å²) < 4.78 is 1.53. The van der Waals surface area contributed by atoms with Crippen molar-refractivity contribution in [2.75, 3.05) is 11.9 Å². The van der Waals surface area contributed by atoms with Crippen LogP contribution in [0, 0.1) is 11.3 Å². The third-order valence-corrected chi connectivity index (χ3v) is 3.67. The predicted molar refractivity (Wildman–Crippen MR) is 96.8 cm³/mol. The molecule has 0 unspecified atom stereocenters. The molecule has 0 fully saturated rings. The van der Waals surface area contributed by atoms with E-state index in [1.807, 2.05) is 6.07 Å². The molecule has 2 heterocycles. The summed E-state index contributed by atoms with van der Waals surface area (Å²) in [5, 5.41) is 14.5. The van der Waals surface area contributed by atoms with Crippen LogP contribution < -0.4 is 10.6 Å². The van der Waals surface area contributed by atoms with Gasteiger partial charge in [-0.15, -0.1) is 6.58 Å². The minimum Gasteiger partial charge on any atom is -0.347 e. The van der Waals surface area contributed by atoms with Crippen molar-refractivity contribution in [2.45, 2.75) is 0 Å². The first-order chi connectivity index (χ1) is 12.7. The van der Waals surface area contributed by atoms with Gasteiger partial charge in [-0.3, -0.25) is 14.0 Å². The molecule has 7 nitrogen and oxygen atoms in total. The molecular weight excluding hydrogens is 330 g/mol. The smallest absolute Gasteiger partial charge is 0.292 e. The van der Waals surface area contributed by atoms with Gasteiger partial charge in [0.05, 0.1) is 16.8 Å². The second kappa shape index (κ2) is 7.32. The number of rotatable bonds is 5. The number of carbonyl (C=O) groups is 2. The van der Waals surface area contributed by atoms with Crippen molar-refractivity contribution in [3.05, 3.63) is 78.4 Å². The molecule has 0 bridgehead atoms. The van der Waals surface area contributed by atoms with Crippen LogP contribution in [0.4, 0.5) is 5.69 Å². The van der Waals surface area contributed by atoms with Gasteiger partial charge in [-0.2, -0.15) is 5.26 Å².